The molecule has 0 aliphatic carbocycles. The number of hydrogen-bond donors (Lipinski definition) is 0. The second kappa shape index (κ2) is 8.13. The third kappa shape index (κ3) is 3.98. The standard InChI is InChI=1S/C20H20F2N6O2/c1-12-18(28(26-25-12)16-3-4-17(20(21)22)23-9-16)11-30-19-7-14-5-6-27(13(2)29)10-15(14)8-24-19/h3-4,7-9,20H,5-6,10-11H2,1-2H3. The number of hydrogen-bond acceptors (Lipinski definition) is 6. The van der Waals surface area contributed by atoms with E-state index in [1.54, 1.807) is 24.9 Å². The molecular weight excluding hydrogens is 394 g/mol. The van der Waals surface area contributed by atoms with Gasteiger partial charge in [0.15, 0.2) is 0 Å². The molecule has 10 heteroatoms. The summed E-state index contributed by atoms with van der Waals surface area (Å²) >= 11 is 0. The summed E-state index contributed by atoms with van der Waals surface area (Å²) in [7, 11) is 0. The molecule has 4 heterocycles. The predicted molar refractivity (Wildman–Crippen MR) is 102 cm³/mol. The summed E-state index contributed by atoms with van der Waals surface area (Å²) in [5, 5.41) is 8.13. The molecule has 0 bridgehead atoms. The van der Waals surface area contributed by atoms with Crippen LogP contribution < -0.4 is 4.74 Å². The van der Waals surface area contributed by atoms with E-state index in [1.165, 1.54) is 23.0 Å². The normalized spacial score (nSPS) is 13.4. The highest BCUT2D eigenvalue weighted by Gasteiger charge is 2.20. The highest BCUT2D eigenvalue weighted by molar-refractivity contribution is 5.73. The molecule has 8 nitrogen and oxygen atoms in total. The lowest BCUT2D eigenvalue weighted by Gasteiger charge is -2.27. The molecule has 0 aromatic carbocycles. The van der Waals surface area contributed by atoms with Gasteiger partial charge in [0.2, 0.25) is 11.8 Å². The number of alkyl halides is 2. The van der Waals surface area contributed by atoms with Crippen LogP contribution in [-0.4, -0.2) is 42.3 Å². The van der Waals surface area contributed by atoms with E-state index in [9.17, 15) is 13.6 Å². The third-order valence-electron chi connectivity index (χ3n) is 5.07. The number of fused-ring (bicyclic) bond motifs is 1. The van der Waals surface area contributed by atoms with Crippen molar-refractivity contribution in [3.63, 3.8) is 0 Å². The number of rotatable bonds is 5. The lowest BCUT2D eigenvalue weighted by molar-refractivity contribution is -0.129. The van der Waals surface area contributed by atoms with Crippen LogP contribution in [0.3, 0.4) is 0 Å². The molecule has 0 saturated heterocycles. The number of ether oxygens (including phenoxy) is 1. The molecule has 0 unspecified atom stereocenters. The fourth-order valence-electron chi connectivity index (χ4n) is 3.31. The van der Waals surface area contributed by atoms with E-state index in [1.807, 2.05) is 6.07 Å². The summed E-state index contributed by atoms with van der Waals surface area (Å²) in [6.45, 7) is 4.73. The molecule has 156 valence electrons. The van der Waals surface area contributed by atoms with Crippen LogP contribution in [0.4, 0.5) is 8.78 Å². The second-order valence-electron chi connectivity index (χ2n) is 7.05. The van der Waals surface area contributed by atoms with Crippen molar-refractivity contribution in [1.29, 1.82) is 0 Å². The van der Waals surface area contributed by atoms with Gasteiger partial charge in [0, 0.05) is 32.3 Å². The molecule has 30 heavy (non-hydrogen) atoms. The minimum Gasteiger partial charge on any atom is -0.471 e. The SMILES string of the molecule is CC(=O)N1CCc2cc(OCc3c(C)nnn3-c3ccc(C(F)F)nc3)ncc2C1. The zero-order valence-corrected chi connectivity index (χ0v) is 16.5. The molecule has 0 fully saturated rings. The van der Waals surface area contributed by atoms with Gasteiger partial charge in [-0.2, -0.15) is 0 Å². The minimum atomic E-state index is -2.63. The zero-order chi connectivity index (χ0) is 21.3. The number of pyridine rings is 2. The van der Waals surface area contributed by atoms with Crippen molar-refractivity contribution < 1.29 is 18.3 Å². The first kappa shape index (κ1) is 19.9. The second-order valence-corrected chi connectivity index (χ2v) is 7.05. The molecule has 1 aliphatic heterocycles. The van der Waals surface area contributed by atoms with Crippen molar-refractivity contribution >= 4 is 5.91 Å². The summed E-state index contributed by atoms with van der Waals surface area (Å²) in [6, 6.07) is 4.66. The summed E-state index contributed by atoms with van der Waals surface area (Å²) < 4.78 is 32.8. The lowest BCUT2D eigenvalue weighted by atomic mass is 10.0. The van der Waals surface area contributed by atoms with Crippen LogP contribution in [-0.2, 0) is 24.4 Å². The van der Waals surface area contributed by atoms with E-state index in [2.05, 4.69) is 20.3 Å². The maximum absolute atomic E-state index is 12.7. The molecule has 0 saturated carbocycles. The first-order valence-electron chi connectivity index (χ1n) is 9.44. The van der Waals surface area contributed by atoms with Gasteiger partial charge in [0.05, 0.1) is 17.6 Å². The number of carbonyl (C=O) groups is 1. The van der Waals surface area contributed by atoms with E-state index in [4.69, 9.17) is 4.74 Å². The summed E-state index contributed by atoms with van der Waals surface area (Å²) in [6.07, 6.45) is 1.18. The van der Waals surface area contributed by atoms with Crippen LogP contribution in [0.15, 0.2) is 30.6 Å². The van der Waals surface area contributed by atoms with Gasteiger partial charge in [-0.3, -0.25) is 9.78 Å². The van der Waals surface area contributed by atoms with E-state index < -0.39 is 6.43 Å². The van der Waals surface area contributed by atoms with Crippen LogP contribution in [0.1, 0.15) is 41.6 Å². The summed E-state index contributed by atoms with van der Waals surface area (Å²) in [4.78, 5) is 21.5. The average molecular weight is 414 g/mol. The van der Waals surface area contributed by atoms with Crippen LogP contribution in [0, 0.1) is 6.92 Å². The smallest absolute Gasteiger partial charge is 0.280 e. The number of aromatic nitrogens is 5. The van der Waals surface area contributed by atoms with Crippen LogP contribution in [0.5, 0.6) is 5.88 Å². The predicted octanol–water partition coefficient (Wildman–Crippen LogP) is 2.79. The van der Waals surface area contributed by atoms with Gasteiger partial charge < -0.3 is 9.64 Å². The Balaban J connectivity index is 1.50. The first-order chi connectivity index (χ1) is 14.4. The Morgan fingerprint density at radius 1 is 1.23 bits per heavy atom. The average Bonchev–Trinajstić information content (AvgIpc) is 3.12. The summed E-state index contributed by atoms with van der Waals surface area (Å²) in [5.41, 5.74) is 3.66. The third-order valence-corrected chi connectivity index (χ3v) is 5.07. The number of halogens is 2. The fraction of sp³-hybridized carbons (Fsp3) is 0.350. The Kier molecular flexibility index (Phi) is 5.39. The summed E-state index contributed by atoms with van der Waals surface area (Å²) in [5.74, 6) is 0.511. The van der Waals surface area contributed by atoms with Gasteiger partial charge in [-0.15, -0.1) is 5.10 Å². The maximum Gasteiger partial charge on any atom is 0.280 e. The molecule has 1 aliphatic rings. The Morgan fingerprint density at radius 2 is 2.07 bits per heavy atom. The van der Waals surface area contributed by atoms with Crippen LogP contribution >= 0.6 is 0 Å². The Labute approximate surface area is 171 Å². The van der Waals surface area contributed by atoms with E-state index in [-0.39, 0.29) is 18.2 Å². The monoisotopic (exact) mass is 414 g/mol. The van der Waals surface area contributed by atoms with Crippen molar-refractivity contribution in [2.24, 2.45) is 0 Å². The molecule has 0 radical (unpaired) electrons. The molecule has 3 aromatic rings. The number of aryl methyl sites for hydroxylation is 1. The van der Waals surface area contributed by atoms with Gasteiger partial charge in [0.25, 0.3) is 6.43 Å². The number of carbonyl (C=O) groups excluding carboxylic acids is 1. The maximum atomic E-state index is 12.7. The highest BCUT2D eigenvalue weighted by atomic mass is 19.3. The topological polar surface area (TPSA) is 86.0 Å². The number of amides is 1. The molecule has 0 N–H and O–H groups in total. The molecular formula is C20H20F2N6O2. The van der Waals surface area contributed by atoms with E-state index in [0.717, 1.165) is 17.5 Å². The van der Waals surface area contributed by atoms with Gasteiger partial charge in [0.1, 0.15) is 18.0 Å². The van der Waals surface area contributed by atoms with Gasteiger partial charge in [-0.25, -0.2) is 18.4 Å². The highest BCUT2D eigenvalue weighted by Crippen LogP contribution is 2.23. The van der Waals surface area contributed by atoms with Gasteiger partial charge in [-0.05, 0) is 36.6 Å². The number of nitrogens with zero attached hydrogens (tertiary/aromatic N) is 6. The Hall–Kier alpha value is -3.43. The largest absolute Gasteiger partial charge is 0.471 e. The molecule has 1 amide bonds. The van der Waals surface area contributed by atoms with Gasteiger partial charge >= 0.3 is 0 Å². The van der Waals surface area contributed by atoms with Crippen molar-refractivity contribution in [3.05, 3.63) is 58.8 Å². The first-order valence-corrected chi connectivity index (χ1v) is 9.44. The molecule has 0 atom stereocenters. The zero-order valence-electron chi connectivity index (χ0n) is 16.5. The van der Waals surface area contributed by atoms with Crippen molar-refractivity contribution in [2.75, 3.05) is 6.54 Å². The van der Waals surface area contributed by atoms with E-state index >= 15 is 0 Å². The molecule has 4 rings (SSSR count). The van der Waals surface area contributed by atoms with Crippen LogP contribution in [0.2, 0.25) is 0 Å². The Morgan fingerprint density at radius 3 is 2.77 bits per heavy atom. The van der Waals surface area contributed by atoms with Crippen molar-refractivity contribution in [2.45, 2.75) is 39.8 Å². The molecule has 0 spiro atoms. The minimum absolute atomic E-state index is 0.0493. The fourth-order valence-corrected chi connectivity index (χ4v) is 3.31. The van der Waals surface area contributed by atoms with E-state index in [0.29, 0.717) is 36.0 Å². The Bertz CT molecular complexity index is 1070. The lowest BCUT2D eigenvalue weighted by Crippen LogP contribution is -2.34. The van der Waals surface area contributed by atoms with Crippen molar-refractivity contribution in [3.8, 4) is 11.6 Å². The quantitative estimate of drug-likeness (QED) is 0.638. The molecule has 3 aromatic heterocycles. The van der Waals surface area contributed by atoms with Crippen molar-refractivity contribution in [1.82, 2.24) is 29.9 Å². The van der Waals surface area contributed by atoms with Gasteiger partial charge in [-0.1, -0.05) is 5.21 Å². The van der Waals surface area contributed by atoms with Crippen LogP contribution in [0.25, 0.3) is 5.69 Å².